The van der Waals surface area contributed by atoms with Crippen LogP contribution in [0.15, 0.2) is 41.5 Å². The van der Waals surface area contributed by atoms with Crippen molar-refractivity contribution in [2.24, 2.45) is 4.99 Å². The third-order valence-electron chi connectivity index (χ3n) is 3.87. The Morgan fingerprint density at radius 1 is 1.00 bits per heavy atom. The van der Waals surface area contributed by atoms with Crippen LogP contribution in [0.25, 0.3) is 0 Å². The predicted molar refractivity (Wildman–Crippen MR) is 106 cm³/mol. The lowest BCUT2D eigenvalue weighted by Crippen LogP contribution is -2.39. The molecule has 0 unspecified atom stereocenters. The van der Waals surface area contributed by atoms with E-state index in [1.165, 1.54) is 0 Å². The number of hydrogen-bond donors (Lipinski definition) is 2. The van der Waals surface area contributed by atoms with Gasteiger partial charge in [-0.3, -0.25) is 4.99 Å². The molecule has 0 radical (unpaired) electrons. The Balaban J connectivity index is 1.75. The summed E-state index contributed by atoms with van der Waals surface area (Å²) in [6, 6.07) is 9.72. The standard InChI is InChI=1S/C19H25ClN4O2/c1-21-19(23-11-9-15-5-7-18(20)24-13-15)22-10-8-14-4-6-16(25-2)17(12-14)26-3/h4-7,12-13H,8-11H2,1-3H3,(H2,21,22,23). The Hall–Kier alpha value is -2.47. The lowest BCUT2D eigenvalue weighted by Gasteiger charge is -2.13. The monoisotopic (exact) mass is 376 g/mol. The van der Waals surface area contributed by atoms with Crippen LogP contribution in [0.3, 0.4) is 0 Å². The quantitative estimate of drug-likeness (QED) is 0.421. The molecule has 0 aliphatic heterocycles. The lowest BCUT2D eigenvalue weighted by atomic mass is 10.1. The second kappa shape index (κ2) is 10.5. The summed E-state index contributed by atoms with van der Waals surface area (Å²) in [7, 11) is 5.03. The van der Waals surface area contributed by atoms with E-state index in [1.807, 2.05) is 24.3 Å². The van der Waals surface area contributed by atoms with Gasteiger partial charge in [0, 0.05) is 26.3 Å². The van der Waals surface area contributed by atoms with Crippen molar-refractivity contribution in [1.82, 2.24) is 15.6 Å². The van der Waals surface area contributed by atoms with Crippen molar-refractivity contribution in [3.8, 4) is 11.5 Å². The number of hydrogen-bond acceptors (Lipinski definition) is 4. The number of rotatable bonds is 8. The number of halogens is 1. The molecular formula is C19H25ClN4O2. The molecule has 0 spiro atoms. The van der Waals surface area contributed by atoms with Gasteiger partial charge in [-0.25, -0.2) is 4.98 Å². The van der Waals surface area contributed by atoms with E-state index in [0.29, 0.717) is 5.15 Å². The normalized spacial score (nSPS) is 11.2. The van der Waals surface area contributed by atoms with E-state index >= 15 is 0 Å². The molecule has 2 N–H and O–H groups in total. The number of aromatic nitrogens is 1. The first-order valence-electron chi connectivity index (χ1n) is 8.42. The third-order valence-corrected chi connectivity index (χ3v) is 4.10. The van der Waals surface area contributed by atoms with Crippen molar-refractivity contribution in [3.63, 3.8) is 0 Å². The maximum atomic E-state index is 5.79. The molecule has 1 heterocycles. The summed E-state index contributed by atoms with van der Waals surface area (Å²) in [5.41, 5.74) is 2.29. The molecule has 7 heteroatoms. The number of benzene rings is 1. The highest BCUT2D eigenvalue weighted by Gasteiger charge is 2.05. The highest BCUT2D eigenvalue weighted by Crippen LogP contribution is 2.27. The first-order chi connectivity index (χ1) is 12.7. The molecule has 0 atom stereocenters. The summed E-state index contributed by atoms with van der Waals surface area (Å²) in [6.07, 6.45) is 3.49. The summed E-state index contributed by atoms with van der Waals surface area (Å²) < 4.78 is 10.6. The Labute approximate surface area is 159 Å². The van der Waals surface area contributed by atoms with Gasteiger partial charge in [-0.15, -0.1) is 0 Å². The van der Waals surface area contributed by atoms with Crippen molar-refractivity contribution >= 4 is 17.6 Å². The van der Waals surface area contributed by atoms with E-state index in [1.54, 1.807) is 33.5 Å². The largest absolute Gasteiger partial charge is 0.493 e. The van der Waals surface area contributed by atoms with Crippen molar-refractivity contribution in [2.75, 3.05) is 34.4 Å². The van der Waals surface area contributed by atoms with Gasteiger partial charge in [0.1, 0.15) is 5.15 Å². The maximum absolute atomic E-state index is 5.79. The number of ether oxygens (including phenoxy) is 2. The smallest absolute Gasteiger partial charge is 0.190 e. The maximum Gasteiger partial charge on any atom is 0.190 e. The highest BCUT2D eigenvalue weighted by molar-refractivity contribution is 6.29. The molecule has 0 aliphatic carbocycles. The number of guanidine groups is 1. The highest BCUT2D eigenvalue weighted by atomic mass is 35.5. The van der Waals surface area contributed by atoms with Crippen molar-refractivity contribution < 1.29 is 9.47 Å². The number of aliphatic imine (C=N–C) groups is 1. The first-order valence-corrected chi connectivity index (χ1v) is 8.80. The van der Waals surface area contributed by atoms with E-state index < -0.39 is 0 Å². The average Bonchev–Trinajstić information content (AvgIpc) is 2.68. The van der Waals surface area contributed by atoms with Gasteiger partial charge in [-0.05, 0) is 42.2 Å². The fourth-order valence-corrected chi connectivity index (χ4v) is 2.57. The molecule has 1 aromatic heterocycles. The molecule has 6 nitrogen and oxygen atoms in total. The van der Waals surface area contributed by atoms with Crippen LogP contribution in [0.1, 0.15) is 11.1 Å². The van der Waals surface area contributed by atoms with Crippen LogP contribution in [0.5, 0.6) is 11.5 Å². The van der Waals surface area contributed by atoms with Crippen LogP contribution < -0.4 is 20.1 Å². The van der Waals surface area contributed by atoms with Gasteiger partial charge in [0.2, 0.25) is 0 Å². The lowest BCUT2D eigenvalue weighted by molar-refractivity contribution is 0.354. The van der Waals surface area contributed by atoms with Gasteiger partial charge < -0.3 is 20.1 Å². The minimum atomic E-state index is 0.509. The fraction of sp³-hybridized carbons (Fsp3) is 0.368. The number of nitrogens with zero attached hydrogens (tertiary/aromatic N) is 2. The second-order valence-corrected chi connectivity index (χ2v) is 5.99. The molecular weight excluding hydrogens is 352 g/mol. The molecule has 0 bridgehead atoms. The Morgan fingerprint density at radius 3 is 2.23 bits per heavy atom. The van der Waals surface area contributed by atoms with Crippen LogP contribution in [0.2, 0.25) is 5.15 Å². The zero-order chi connectivity index (χ0) is 18.8. The number of pyridine rings is 1. The second-order valence-electron chi connectivity index (χ2n) is 5.60. The van der Waals surface area contributed by atoms with Crippen LogP contribution in [-0.4, -0.2) is 45.3 Å². The Kier molecular flexibility index (Phi) is 8.02. The van der Waals surface area contributed by atoms with E-state index in [2.05, 4.69) is 20.6 Å². The van der Waals surface area contributed by atoms with Crippen LogP contribution in [0, 0.1) is 0 Å². The molecule has 2 aromatic rings. The Bertz CT molecular complexity index is 720. The van der Waals surface area contributed by atoms with Crippen LogP contribution in [0.4, 0.5) is 0 Å². The molecule has 0 amide bonds. The van der Waals surface area contributed by atoms with Gasteiger partial charge in [0.25, 0.3) is 0 Å². The number of nitrogens with one attached hydrogen (secondary N) is 2. The molecule has 26 heavy (non-hydrogen) atoms. The zero-order valence-corrected chi connectivity index (χ0v) is 16.1. The summed E-state index contributed by atoms with van der Waals surface area (Å²) in [6.45, 7) is 1.52. The van der Waals surface area contributed by atoms with Crippen LogP contribution >= 0.6 is 11.6 Å². The minimum absolute atomic E-state index is 0.509. The van der Waals surface area contributed by atoms with E-state index in [9.17, 15) is 0 Å². The third kappa shape index (κ3) is 6.11. The van der Waals surface area contributed by atoms with E-state index in [-0.39, 0.29) is 0 Å². The minimum Gasteiger partial charge on any atom is -0.493 e. The molecule has 1 aromatic carbocycles. The SMILES string of the molecule is CN=C(NCCc1ccc(Cl)nc1)NCCc1ccc(OC)c(OC)c1. The van der Waals surface area contributed by atoms with Gasteiger partial charge in [-0.1, -0.05) is 23.7 Å². The predicted octanol–water partition coefficient (Wildman–Crippen LogP) is 2.70. The van der Waals surface area contributed by atoms with Crippen molar-refractivity contribution in [1.29, 1.82) is 0 Å². The fourth-order valence-electron chi connectivity index (χ4n) is 2.46. The van der Waals surface area contributed by atoms with Crippen molar-refractivity contribution in [2.45, 2.75) is 12.8 Å². The topological polar surface area (TPSA) is 67.8 Å². The first kappa shape index (κ1) is 19.8. The Morgan fingerprint density at radius 2 is 1.65 bits per heavy atom. The van der Waals surface area contributed by atoms with Gasteiger partial charge in [0.05, 0.1) is 14.2 Å². The van der Waals surface area contributed by atoms with E-state index in [0.717, 1.165) is 54.5 Å². The number of methoxy groups -OCH3 is 2. The molecule has 2 rings (SSSR count). The van der Waals surface area contributed by atoms with Gasteiger partial charge >= 0.3 is 0 Å². The molecule has 0 aliphatic rings. The van der Waals surface area contributed by atoms with Crippen molar-refractivity contribution in [3.05, 3.63) is 52.8 Å². The summed E-state index contributed by atoms with van der Waals surface area (Å²) in [5.74, 6) is 2.25. The van der Waals surface area contributed by atoms with Gasteiger partial charge in [-0.2, -0.15) is 0 Å². The summed E-state index contributed by atoms with van der Waals surface area (Å²) in [5, 5.41) is 7.11. The molecule has 0 fully saturated rings. The molecule has 0 saturated heterocycles. The molecule has 140 valence electrons. The van der Waals surface area contributed by atoms with Crippen LogP contribution in [-0.2, 0) is 12.8 Å². The molecule has 0 saturated carbocycles. The summed E-state index contributed by atoms with van der Waals surface area (Å²) in [4.78, 5) is 8.32. The van der Waals surface area contributed by atoms with Gasteiger partial charge in [0.15, 0.2) is 17.5 Å². The average molecular weight is 377 g/mol. The van der Waals surface area contributed by atoms with E-state index in [4.69, 9.17) is 21.1 Å². The summed E-state index contributed by atoms with van der Waals surface area (Å²) >= 11 is 5.79. The zero-order valence-electron chi connectivity index (χ0n) is 15.4.